The molecule has 1 unspecified atom stereocenters. The molecule has 0 saturated heterocycles. The van der Waals surface area contributed by atoms with Crippen LogP contribution in [-0.2, 0) is 18.1 Å². The van der Waals surface area contributed by atoms with E-state index in [1.54, 1.807) is 14.0 Å². The van der Waals surface area contributed by atoms with Gasteiger partial charge in [0.25, 0.3) is 0 Å². The maximum absolute atomic E-state index is 10.4. The molecular formula is C5H7N2O2S-. The Kier molecular flexibility index (Phi) is 1.87. The summed E-state index contributed by atoms with van der Waals surface area (Å²) >= 11 is -2.17. The molecule has 1 heterocycles. The van der Waals surface area contributed by atoms with Crippen LogP contribution in [0.3, 0.4) is 0 Å². The van der Waals surface area contributed by atoms with E-state index < -0.39 is 11.1 Å². The number of aromatic nitrogens is 2. The lowest BCUT2D eigenvalue weighted by molar-refractivity contribution is 0.522. The van der Waals surface area contributed by atoms with E-state index in [0.29, 0.717) is 5.69 Å². The van der Waals surface area contributed by atoms with Gasteiger partial charge >= 0.3 is 0 Å². The van der Waals surface area contributed by atoms with Crippen molar-refractivity contribution in [1.29, 1.82) is 0 Å². The molecule has 0 saturated carbocycles. The van der Waals surface area contributed by atoms with E-state index in [-0.39, 0.29) is 5.03 Å². The van der Waals surface area contributed by atoms with Crippen LogP contribution in [-0.4, -0.2) is 18.5 Å². The van der Waals surface area contributed by atoms with E-state index in [0.717, 1.165) is 0 Å². The molecule has 0 aliphatic rings. The van der Waals surface area contributed by atoms with Gasteiger partial charge in [-0.05, 0) is 24.1 Å². The number of rotatable bonds is 1. The molecule has 10 heavy (non-hydrogen) atoms. The van der Waals surface area contributed by atoms with Crippen molar-refractivity contribution in [1.82, 2.24) is 9.78 Å². The monoisotopic (exact) mass is 159 g/mol. The Morgan fingerprint density at radius 3 is 2.60 bits per heavy atom. The third kappa shape index (κ3) is 1.25. The molecule has 1 rings (SSSR count). The average molecular weight is 159 g/mol. The van der Waals surface area contributed by atoms with Gasteiger partial charge in [-0.3, -0.25) is 8.89 Å². The Morgan fingerprint density at radius 1 is 1.80 bits per heavy atom. The molecule has 0 aliphatic heterocycles. The second kappa shape index (κ2) is 2.51. The number of hydrogen-bond acceptors (Lipinski definition) is 3. The third-order valence-corrected chi connectivity index (χ3v) is 1.85. The van der Waals surface area contributed by atoms with Crippen LogP contribution in [0.1, 0.15) is 5.69 Å². The number of nitrogens with zero attached hydrogens (tertiary/aromatic N) is 2. The van der Waals surface area contributed by atoms with Gasteiger partial charge in [0.1, 0.15) is 5.03 Å². The van der Waals surface area contributed by atoms with E-state index >= 15 is 0 Å². The first kappa shape index (κ1) is 7.43. The fraction of sp³-hybridized carbons (Fsp3) is 0.400. The van der Waals surface area contributed by atoms with Crippen molar-refractivity contribution in [3.63, 3.8) is 0 Å². The normalized spacial score (nSPS) is 13.5. The highest BCUT2D eigenvalue weighted by molar-refractivity contribution is 7.79. The molecule has 0 aromatic carbocycles. The molecule has 0 N–H and O–H groups in total. The third-order valence-electron chi connectivity index (χ3n) is 1.13. The fourth-order valence-electron chi connectivity index (χ4n) is 0.743. The standard InChI is InChI=1S/C5H8N2O2S/c1-4-3-5(10(8)9)7(2)6-4/h3H,1-2H3,(H,8,9)/p-1. The van der Waals surface area contributed by atoms with Gasteiger partial charge in [0.2, 0.25) is 0 Å². The zero-order valence-electron chi connectivity index (χ0n) is 5.70. The summed E-state index contributed by atoms with van der Waals surface area (Å²) in [4.78, 5) is 0. The van der Waals surface area contributed by atoms with E-state index in [1.165, 1.54) is 10.7 Å². The smallest absolute Gasteiger partial charge is 0.111 e. The topological polar surface area (TPSA) is 57.9 Å². The highest BCUT2D eigenvalue weighted by atomic mass is 32.2. The summed E-state index contributed by atoms with van der Waals surface area (Å²) in [6.07, 6.45) is 0. The molecule has 5 heteroatoms. The minimum absolute atomic E-state index is 0.220. The van der Waals surface area contributed by atoms with Crippen molar-refractivity contribution in [3.8, 4) is 0 Å². The Morgan fingerprint density at radius 2 is 2.40 bits per heavy atom. The SMILES string of the molecule is Cc1cc(S(=O)[O-])n(C)n1. The van der Waals surface area contributed by atoms with Crippen molar-refractivity contribution in [2.24, 2.45) is 7.05 Å². The Labute approximate surface area is 61.1 Å². The zero-order valence-corrected chi connectivity index (χ0v) is 6.51. The van der Waals surface area contributed by atoms with Crippen LogP contribution < -0.4 is 0 Å². The van der Waals surface area contributed by atoms with Crippen LogP contribution in [0.4, 0.5) is 0 Å². The van der Waals surface area contributed by atoms with Gasteiger partial charge in [0.15, 0.2) is 0 Å². The lowest BCUT2D eigenvalue weighted by Gasteiger charge is -2.02. The molecule has 1 atom stereocenters. The molecule has 0 radical (unpaired) electrons. The minimum atomic E-state index is -2.17. The van der Waals surface area contributed by atoms with Gasteiger partial charge < -0.3 is 4.55 Å². The molecule has 4 nitrogen and oxygen atoms in total. The number of aryl methyl sites for hydroxylation is 2. The Hall–Kier alpha value is -0.680. The van der Waals surface area contributed by atoms with E-state index in [9.17, 15) is 8.76 Å². The van der Waals surface area contributed by atoms with Gasteiger partial charge in [-0.1, -0.05) is 0 Å². The van der Waals surface area contributed by atoms with E-state index in [4.69, 9.17) is 0 Å². The second-order valence-corrected chi connectivity index (χ2v) is 2.87. The molecule has 1 aromatic rings. The van der Waals surface area contributed by atoms with Gasteiger partial charge in [0, 0.05) is 7.05 Å². The predicted octanol–water partition coefficient (Wildman–Crippen LogP) is -0.0335. The summed E-state index contributed by atoms with van der Waals surface area (Å²) in [5.41, 5.74) is 0.710. The maximum atomic E-state index is 10.4. The molecule has 56 valence electrons. The Balaban J connectivity index is 3.15. The van der Waals surface area contributed by atoms with Crippen LogP contribution in [0, 0.1) is 6.92 Å². The molecule has 0 amide bonds. The summed E-state index contributed by atoms with van der Waals surface area (Å²) in [7, 11) is 1.60. The first-order valence-corrected chi connectivity index (χ1v) is 3.78. The predicted molar refractivity (Wildman–Crippen MR) is 35.1 cm³/mol. The van der Waals surface area contributed by atoms with Crippen molar-refractivity contribution >= 4 is 11.1 Å². The van der Waals surface area contributed by atoms with Crippen molar-refractivity contribution in [3.05, 3.63) is 11.8 Å². The van der Waals surface area contributed by atoms with Crippen molar-refractivity contribution < 1.29 is 8.76 Å². The molecule has 0 aliphatic carbocycles. The lowest BCUT2D eigenvalue weighted by atomic mass is 10.5. The highest BCUT2D eigenvalue weighted by Crippen LogP contribution is 2.04. The first-order valence-electron chi connectivity index (χ1n) is 2.71. The van der Waals surface area contributed by atoms with Crippen molar-refractivity contribution in [2.75, 3.05) is 0 Å². The fourth-order valence-corrected chi connectivity index (χ4v) is 1.27. The van der Waals surface area contributed by atoms with Crippen molar-refractivity contribution in [2.45, 2.75) is 11.9 Å². The quantitative estimate of drug-likeness (QED) is 0.540. The van der Waals surface area contributed by atoms with Crippen LogP contribution in [0.25, 0.3) is 0 Å². The summed E-state index contributed by atoms with van der Waals surface area (Å²) in [6, 6.07) is 1.52. The highest BCUT2D eigenvalue weighted by Gasteiger charge is 1.99. The minimum Gasteiger partial charge on any atom is -0.767 e. The van der Waals surface area contributed by atoms with E-state index in [1.807, 2.05) is 0 Å². The van der Waals surface area contributed by atoms with Crippen LogP contribution in [0.15, 0.2) is 11.1 Å². The summed E-state index contributed by atoms with van der Waals surface area (Å²) in [6.45, 7) is 1.75. The molecule has 0 spiro atoms. The van der Waals surface area contributed by atoms with E-state index in [2.05, 4.69) is 5.10 Å². The van der Waals surface area contributed by atoms with Crippen LogP contribution in [0.5, 0.6) is 0 Å². The van der Waals surface area contributed by atoms with Crippen LogP contribution >= 0.6 is 0 Å². The lowest BCUT2D eigenvalue weighted by Crippen LogP contribution is -1.99. The summed E-state index contributed by atoms with van der Waals surface area (Å²) in [5.74, 6) is 0. The van der Waals surface area contributed by atoms with Gasteiger partial charge in [-0.25, -0.2) is 0 Å². The summed E-state index contributed by atoms with van der Waals surface area (Å²) < 4.78 is 22.1. The zero-order chi connectivity index (χ0) is 7.72. The first-order chi connectivity index (χ1) is 4.61. The molecule has 0 bridgehead atoms. The van der Waals surface area contributed by atoms with Gasteiger partial charge in [-0.15, -0.1) is 0 Å². The Bertz CT molecular complexity index is 269. The maximum Gasteiger partial charge on any atom is 0.111 e. The van der Waals surface area contributed by atoms with Crippen LogP contribution in [0.2, 0.25) is 0 Å². The molecule has 0 fully saturated rings. The summed E-state index contributed by atoms with van der Waals surface area (Å²) in [5, 5.41) is 4.08. The molecular weight excluding hydrogens is 152 g/mol. The number of hydrogen-bond donors (Lipinski definition) is 0. The largest absolute Gasteiger partial charge is 0.767 e. The molecule has 1 aromatic heterocycles. The van der Waals surface area contributed by atoms with Gasteiger partial charge in [-0.2, -0.15) is 5.10 Å². The van der Waals surface area contributed by atoms with Gasteiger partial charge in [0.05, 0.1) is 5.69 Å². The average Bonchev–Trinajstić information content (AvgIpc) is 2.10. The second-order valence-electron chi connectivity index (χ2n) is 1.98.